The summed E-state index contributed by atoms with van der Waals surface area (Å²) in [5, 5.41) is 0.985. The van der Waals surface area contributed by atoms with Crippen LogP contribution in [-0.4, -0.2) is 17.1 Å². The molecule has 19 heavy (non-hydrogen) atoms. The fourth-order valence-electron chi connectivity index (χ4n) is 2.01. The van der Waals surface area contributed by atoms with Crippen molar-refractivity contribution >= 4 is 16.7 Å². The van der Waals surface area contributed by atoms with Crippen molar-refractivity contribution in [2.75, 3.05) is 12.8 Å². The molecule has 2 aromatic heterocycles. The van der Waals surface area contributed by atoms with Gasteiger partial charge in [-0.2, -0.15) is 0 Å². The molecule has 94 valence electrons. The van der Waals surface area contributed by atoms with Crippen LogP contribution in [0, 0.1) is 0 Å². The highest BCUT2D eigenvalue weighted by Crippen LogP contribution is 2.25. The normalized spacial score (nSPS) is 10.6. The molecule has 2 heterocycles. The minimum absolute atomic E-state index is 0.447. The van der Waals surface area contributed by atoms with E-state index in [0.717, 1.165) is 27.9 Å². The number of ether oxygens (including phenoxy) is 1. The minimum atomic E-state index is 0.447. The maximum atomic E-state index is 5.86. The van der Waals surface area contributed by atoms with Gasteiger partial charge in [-0.3, -0.25) is 0 Å². The maximum Gasteiger partial charge on any atom is 0.149 e. The molecule has 1 aromatic carbocycles. The molecule has 0 aliphatic carbocycles. The topological polar surface area (TPSA) is 61.0 Å². The number of nitrogen functional groups attached to an aromatic ring is 1. The highest BCUT2D eigenvalue weighted by molar-refractivity contribution is 5.88. The number of anilines is 1. The molecular weight excluding hydrogens is 238 g/mol. The first kappa shape index (κ1) is 11.5. The lowest BCUT2D eigenvalue weighted by Crippen LogP contribution is -1.94. The SMILES string of the molecule is COc1cccc(-c2ccc3ccnc(N)c3n2)c1. The average molecular weight is 251 g/mol. The molecule has 0 saturated carbocycles. The molecule has 3 rings (SSSR count). The van der Waals surface area contributed by atoms with E-state index in [9.17, 15) is 0 Å². The van der Waals surface area contributed by atoms with Crippen LogP contribution in [0.5, 0.6) is 5.75 Å². The van der Waals surface area contributed by atoms with E-state index in [4.69, 9.17) is 10.5 Å². The Balaban J connectivity index is 2.17. The number of benzene rings is 1. The predicted octanol–water partition coefficient (Wildman–Crippen LogP) is 2.89. The second-order valence-corrected chi connectivity index (χ2v) is 4.20. The van der Waals surface area contributed by atoms with Gasteiger partial charge in [0.05, 0.1) is 12.8 Å². The van der Waals surface area contributed by atoms with Crippen LogP contribution >= 0.6 is 0 Å². The van der Waals surface area contributed by atoms with Gasteiger partial charge in [0.2, 0.25) is 0 Å². The summed E-state index contributed by atoms with van der Waals surface area (Å²) in [5.74, 6) is 1.25. The van der Waals surface area contributed by atoms with E-state index in [0.29, 0.717) is 5.82 Å². The van der Waals surface area contributed by atoms with Crippen molar-refractivity contribution in [3.05, 3.63) is 48.7 Å². The molecule has 0 spiro atoms. The van der Waals surface area contributed by atoms with Gasteiger partial charge in [0, 0.05) is 17.1 Å². The third kappa shape index (κ3) is 2.08. The van der Waals surface area contributed by atoms with Gasteiger partial charge in [-0.25, -0.2) is 9.97 Å². The number of pyridine rings is 2. The van der Waals surface area contributed by atoms with Crippen LogP contribution in [0.4, 0.5) is 5.82 Å². The lowest BCUT2D eigenvalue weighted by Gasteiger charge is -2.06. The summed E-state index contributed by atoms with van der Waals surface area (Å²) in [6.45, 7) is 0. The highest BCUT2D eigenvalue weighted by atomic mass is 16.5. The number of aromatic nitrogens is 2. The van der Waals surface area contributed by atoms with Crippen LogP contribution in [0.15, 0.2) is 48.7 Å². The predicted molar refractivity (Wildman–Crippen MR) is 75.9 cm³/mol. The highest BCUT2D eigenvalue weighted by Gasteiger charge is 2.05. The largest absolute Gasteiger partial charge is 0.497 e. The Morgan fingerprint density at radius 1 is 1.11 bits per heavy atom. The summed E-state index contributed by atoms with van der Waals surface area (Å²) in [6.07, 6.45) is 1.69. The number of nitrogens with two attached hydrogens (primary N) is 1. The molecule has 0 aliphatic heterocycles. The Labute approximate surface area is 110 Å². The molecule has 0 radical (unpaired) electrons. The van der Waals surface area contributed by atoms with E-state index >= 15 is 0 Å². The smallest absolute Gasteiger partial charge is 0.149 e. The van der Waals surface area contributed by atoms with Gasteiger partial charge in [-0.05, 0) is 24.3 Å². The third-order valence-corrected chi connectivity index (χ3v) is 3.00. The number of fused-ring (bicyclic) bond motifs is 1. The summed E-state index contributed by atoms with van der Waals surface area (Å²) in [4.78, 5) is 8.64. The Morgan fingerprint density at radius 2 is 2.00 bits per heavy atom. The first-order valence-corrected chi connectivity index (χ1v) is 5.93. The van der Waals surface area contributed by atoms with E-state index in [1.165, 1.54) is 0 Å². The molecule has 0 unspecified atom stereocenters. The third-order valence-electron chi connectivity index (χ3n) is 3.00. The zero-order chi connectivity index (χ0) is 13.2. The van der Waals surface area contributed by atoms with Crippen LogP contribution in [0.1, 0.15) is 0 Å². The molecule has 3 aromatic rings. The minimum Gasteiger partial charge on any atom is -0.497 e. The van der Waals surface area contributed by atoms with Crippen molar-refractivity contribution in [3.8, 4) is 17.0 Å². The zero-order valence-electron chi connectivity index (χ0n) is 10.5. The fraction of sp³-hybridized carbons (Fsp3) is 0.0667. The Kier molecular flexibility index (Phi) is 2.76. The molecule has 4 heteroatoms. The van der Waals surface area contributed by atoms with Gasteiger partial charge in [0.15, 0.2) is 0 Å². The number of nitrogens with zero attached hydrogens (tertiary/aromatic N) is 2. The average Bonchev–Trinajstić information content (AvgIpc) is 2.47. The van der Waals surface area contributed by atoms with Gasteiger partial charge in [0.1, 0.15) is 17.1 Å². The monoisotopic (exact) mass is 251 g/mol. The Bertz CT molecular complexity index is 740. The van der Waals surface area contributed by atoms with E-state index in [1.54, 1.807) is 13.3 Å². The second-order valence-electron chi connectivity index (χ2n) is 4.20. The summed E-state index contributed by atoms with van der Waals surface area (Å²) >= 11 is 0. The van der Waals surface area contributed by atoms with Crippen LogP contribution in [0.25, 0.3) is 22.2 Å². The van der Waals surface area contributed by atoms with Gasteiger partial charge >= 0.3 is 0 Å². The van der Waals surface area contributed by atoms with Crippen molar-refractivity contribution in [2.24, 2.45) is 0 Å². The fourth-order valence-corrected chi connectivity index (χ4v) is 2.01. The van der Waals surface area contributed by atoms with Crippen molar-refractivity contribution in [3.63, 3.8) is 0 Å². The van der Waals surface area contributed by atoms with E-state index in [2.05, 4.69) is 9.97 Å². The molecule has 0 bridgehead atoms. The summed E-state index contributed by atoms with van der Waals surface area (Å²) in [7, 11) is 1.65. The summed E-state index contributed by atoms with van der Waals surface area (Å²) in [5.41, 5.74) is 8.43. The van der Waals surface area contributed by atoms with Crippen LogP contribution in [0.2, 0.25) is 0 Å². The number of hydrogen-bond acceptors (Lipinski definition) is 4. The van der Waals surface area contributed by atoms with Crippen molar-refractivity contribution in [1.82, 2.24) is 9.97 Å². The second kappa shape index (κ2) is 4.57. The molecular formula is C15H13N3O. The van der Waals surface area contributed by atoms with E-state index in [-0.39, 0.29) is 0 Å². The van der Waals surface area contributed by atoms with Crippen molar-refractivity contribution < 1.29 is 4.74 Å². The van der Waals surface area contributed by atoms with Gasteiger partial charge < -0.3 is 10.5 Å². The van der Waals surface area contributed by atoms with Crippen LogP contribution in [-0.2, 0) is 0 Å². The lowest BCUT2D eigenvalue weighted by atomic mass is 10.1. The van der Waals surface area contributed by atoms with Crippen molar-refractivity contribution in [2.45, 2.75) is 0 Å². The zero-order valence-corrected chi connectivity index (χ0v) is 10.5. The quantitative estimate of drug-likeness (QED) is 0.760. The molecule has 0 aliphatic rings. The van der Waals surface area contributed by atoms with E-state index < -0.39 is 0 Å². The van der Waals surface area contributed by atoms with E-state index in [1.807, 2.05) is 42.5 Å². The first-order chi connectivity index (χ1) is 9.28. The number of hydrogen-bond donors (Lipinski definition) is 1. The van der Waals surface area contributed by atoms with Gasteiger partial charge in [-0.15, -0.1) is 0 Å². The number of rotatable bonds is 2. The van der Waals surface area contributed by atoms with Gasteiger partial charge in [-0.1, -0.05) is 18.2 Å². The molecule has 4 nitrogen and oxygen atoms in total. The first-order valence-electron chi connectivity index (χ1n) is 5.93. The molecule has 0 atom stereocenters. The van der Waals surface area contributed by atoms with Crippen molar-refractivity contribution in [1.29, 1.82) is 0 Å². The molecule has 0 saturated heterocycles. The van der Waals surface area contributed by atoms with Crippen LogP contribution in [0.3, 0.4) is 0 Å². The molecule has 0 amide bonds. The Morgan fingerprint density at radius 3 is 2.84 bits per heavy atom. The van der Waals surface area contributed by atoms with Gasteiger partial charge in [0.25, 0.3) is 0 Å². The van der Waals surface area contributed by atoms with Crippen LogP contribution < -0.4 is 10.5 Å². The maximum absolute atomic E-state index is 5.86. The summed E-state index contributed by atoms with van der Waals surface area (Å²) < 4.78 is 5.22. The Hall–Kier alpha value is -2.62. The lowest BCUT2D eigenvalue weighted by molar-refractivity contribution is 0.415. The molecule has 0 fully saturated rings. The molecule has 2 N–H and O–H groups in total. The summed E-state index contributed by atoms with van der Waals surface area (Å²) in [6, 6.07) is 13.6. The number of methoxy groups -OCH3 is 1. The standard InChI is InChI=1S/C15H13N3O/c1-19-12-4-2-3-11(9-12)13-6-5-10-7-8-17-15(16)14(10)18-13/h2-9H,1H3,(H2,16,17).